The normalized spacial score (nSPS) is 11.1. The van der Waals surface area contributed by atoms with Crippen LogP contribution < -0.4 is 5.32 Å². The molecule has 8 heteroatoms. The summed E-state index contributed by atoms with van der Waals surface area (Å²) in [4.78, 5) is 23.8. The third-order valence-corrected chi connectivity index (χ3v) is 4.13. The van der Waals surface area contributed by atoms with Crippen molar-refractivity contribution in [1.29, 1.82) is 0 Å². The third kappa shape index (κ3) is 2.78. The highest BCUT2D eigenvalue weighted by molar-refractivity contribution is 5.84. The Morgan fingerprint density at radius 1 is 1.07 bits per heavy atom. The van der Waals surface area contributed by atoms with E-state index in [4.69, 9.17) is 4.42 Å². The van der Waals surface area contributed by atoms with E-state index in [9.17, 15) is 4.79 Å². The number of aromatic amines is 1. The van der Waals surface area contributed by atoms with Crippen LogP contribution in [-0.2, 0) is 0 Å². The van der Waals surface area contributed by atoms with E-state index in [0.717, 1.165) is 22.2 Å². The molecule has 0 saturated heterocycles. The molecular formula is C19H12N6O2. The second kappa shape index (κ2) is 6.03. The molecule has 0 aliphatic rings. The lowest BCUT2D eigenvalue weighted by atomic mass is 10.2. The maximum absolute atomic E-state index is 10.8. The van der Waals surface area contributed by atoms with Gasteiger partial charge in [0.2, 0.25) is 6.29 Å². The summed E-state index contributed by atoms with van der Waals surface area (Å²) in [6.07, 6.45) is 4.04. The molecule has 0 bridgehead atoms. The molecule has 130 valence electrons. The van der Waals surface area contributed by atoms with Crippen molar-refractivity contribution in [2.24, 2.45) is 0 Å². The zero-order valence-electron chi connectivity index (χ0n) is 13.9. The lowest BCUT2D eigenvalue weighted by Crippen LogP contribution is -1.96. The highest BCUT2D eigenvalue weighted by Crippen LogP contribution is 2.24. The van der Waals surface area contributed by atoms with Crippen molar-refractivity contribution in [3.05, 3.63) is 60.7 Å². The Labute approximate surface area is 152 Å². The predicted octanol–water partition coefficient (Wildman–Crippen LogP) is 3.72. The average molecular weight is 356 g/mol. The van der Waals surface area contributed by atoms with Gasteiger partial charge in [-0.15, -0.1) is 0 Å². The first-order valence-electron chi connectivity index (χ1n) is 8.18. The van der Waals surface area contributed by atoms with E-state index in [0.29, 0.717) is 29.0 Å². The molecule has 3 heterocycles. The molecule has 3 aromatic heterocycles. The van der Waals surface area contributed by atoms with Gasteiger partial charge in [-0.25, -0.2) is 15.0 Å². The van der Waals surface area contributed by atoms with Crippen LogP contribution in [0.15, 0.2) is 59.3 Å². The van der Waals surface area contributed by atoms with E-state index in [2.05, 4.69) is 30.5 Å². The van der Waals surface area contributed by atoms with Crippen LogP contribution in [0, 0.1) is 0 Å². The monoisotopic (exact) mass is 356 g/mol. The van der Waals surface area contributed by atoms with Crippen molar-refractivity contribution >= 4 is 39.8 Å². The zero-order valence-corrected chi connectivity index (χ0v) is 13.9. The molecule has 0 amide bonds. The minimum Gasteiger partial charge on any atom is -0.434 e. The quantitative estimate of drug-likeness (QED) is 0.472. The molecule has 2 aromatic carbocycles. The van der Waals surface area contributed by atoms with Crippen LogP contribution in [0.4, 0.5) is 11.5 Å². The van der Waals surface area contributed by atoms with E-state index in [1.807, 2.05) is 24.3 Å². The molecule has 0 spiro atoms. The van der Waals surface area contributed by atoms with Gasteiger partial charge in [-0.05, 0) is 42.5 Å². The van der Waals surface area contributed by atoms with Gasteiger partial charge in [-0.3, -0.25) is 9.89 Å². The molecule has 5 rings (SSSR count). The number of aromatic nitrogens is 5. The van der Waals surface area contributed by atoms with Crippen molar-refractivity contribution < 1.29 is 9.21 Å². The molecule has 0 aliphatic carbocycles. The van der Waals surface area contributed by atoms with Gasteiger partial charge in [-0.1, -0.05) is 0 Å². The fourth-order valence-electron chi connectivity index (χ4n) is 2.87. The van der Waals surface area contributed by atoms with Gasteiger partial charge in [0, 0.05) is 22.8 Å². The SMILES string of the molecule is O=Cc1nc2cc(-c3nccc(Nc4ccc5[nH]ncc5c4)n3)ccc2o1. The number of nitrogens with one attached hydrogen (secondary N) is 2. The minimum absolute atomic E-state index is 0.0492. The number of carbonyl (C=O) groups is 1. The fourth-order valence-corrected chi connectivity index (χ4v) is 2.87. The highest BCUT2D eigenvalue weighted by atomic mass is 16.4. The number of anilines is 2. The second-order valence-electron chi connectivity index (χ2n) is 5.91. The molecular weight excluding hydrogens is 344 g/mol. The molecule has 0 saturated carbocycles. The van der Waals surface area contributed by atoms with E-state index in [1.54, 1.807) is 30.6 Å². The number of H-pyrrole nitrogens is 1. The Kier molecular flexibility index (Phi) is 3.39. The molecule has 0 radical (unpaired) electrons. The standard InChI is InChI=1S/C19H12N6O2/c26-10-18-23-15-8-11(1-4-16(15)27-18)19-20-6-5-17(24-19)22-13-2-3-14-12(7-13)9-21-25-14/h1-10H,(H,21,25)(H,20,22,24). The van der Waals surface area contributed by atoms with E-state index in [-0.39, 0.29) is 5.89 Å². The molecule has 0 aliphatic heterocycles. The lowest BCUT2D eigenvalue weighted by Gasteiger charge is -2.07. The van der Waals surface area contributed by atoms with Crippen molar-refractivity contribution in [1.82, 2.24) is 25.1 Å². The minimum atomic E-state index is 0.0492. The first-order valence-corrected chi connectivity index (χ1v) is 8.18. The largest absolute Gasteiger partial charge is 0.434 e. The van der Waals surface area contributed by atoms with Crippen LogP contribution in [0.25, 0.3) is 33.4 Å². The number of carbonyl (C=O) groups excluding carboxylic acids is 1. The van der Waals surface area contributed by atoms with E-state index >= 15 is 0 Å². The maximum atomic E-state index is 10.8. The lowest BCUT2D eigenvalue weighted by molar-refractivity contribution is 0.109. The highest BCUT2D eigenvalue weighted by Gasteiger charge is 2.09. The van der Waals surface area contributed by atoms with Crippen LogP contribution in [0.5, 0.6) is 0 Å². The van der Waals surface area contributed by atoms with Crippen LogP contribution in [-0.4, -0.2) is 31.4 Å². The molecule has 5 aromatic rings. The Morgan fingerprint density at radius 3 is 2.96 bits per heavy atom. The molecule has 8 nitrogen and oxygen atoms in total. The summed E-state index contributed by atoms with van der Waals surface area (Å²) in [6, 6.07) is 13.1. The van der Waals surface area contributed by atoms with Gasteiger partial charge in [0.1, 0.15) is 11.3 Å². The summed E-state index contributed by atoms with van der Waals surface area (Å²) < 4.78 is 5.30. The fraction of sp³-hybridized carbons (Fsp3) is 0. The predicted molar refractivity (Wildman–Crippen MR) is 99.8 cm³/mol. The number of hydrogen-bond donors (Lipinski definition) is 2. The summed E-state index contributed by atoms with van der Waals surface area (Å²) in [6.45, 7) is 0. The summed E-state index contributed by atoms with van der Waals surface area (Å²) in [7, 11) is 0. The number of hydrogen-bond acceptors (Lipinski definition) is 7. The Balaban J connectivity index is 1.48. The smallest absolute Gasteiger partial charge is 0.260 e. The summed E-state index contributed by atoms with van der Waals surface area (Å²) in [5.41, 5.74) is 3.78. The molecule has 0 fully saturated rings. The van der Waals surface area contributed by atoms with Gasteiger partial charge in [0.25, 0.3) is 5.89 Å². The van der Waals surface area contributed by atoms with Crippen LogP contribution in [0.2, 0.25) is 0 Å². The van der Waals surface area contributed by atoms with Crippen LogP contribution in [0.1, 0.15) is 10.7 Å². The Morgan fingerprint density at radius 2 is 2.04 bits per heavy atom. The van der Waals surface area contributed by atoms with E-state index in [1.165, 1.54) is 0 Å². The van der Waals surface area contributed by atoms with Crippen LogP contribution >= 0.6 is 0 Å². The number of oxazole rings is 1. The Hall–Kier alpha value is -4.07. The van der Waals surface area contributed by atoms with Crippen LogP contribution in [0.3, 0.4) is 0 Å². The number of nitrogens with zero attached hydrogens (tertiary/aromatic N) is 4. The topological polar surface area (TPSA) is 110 Å². The van der Waals surface area contributed by atoms with Gasteiger partial charge >= 0.3 is 0 Å². The second-order valence-corrected chi connectivity index (χ2v) is 5.91. The van der Waals surface area contributed by atoms with Crippen molar-refractivity contribution in [2.75, 3.05) is 5.32 Å². The number of fused-ring (bicyclic) bond motifs is 2. The van der Waals surface area contributed by atoms with Crippen molar-refractivity contribution in [2.45, 2.75) is 0 Å². The average Bonchev–Trinajstić information content (AvgIpc) is 3.33. The van der Waals surface area contributed by atoms with E-state index < -0.39 is 0 Å². The Bertz CT molecular complexity index is 1290. The number of aldehydes is 1. The van der Waals surface area contributed by atoms with Gasteiger partial charge in [0.05, 0.1) is 11.7 Å². The van der Waals surface area contributed by atoms with Gasteiger partial charge < -0.3 is 9.73 Å². The molecule has 0 atom stereocenters. The zero-order chi connectivity index (χ0) is 18.2. The molecule has 2 N–H and O–H groups in total. The first kappa shape index (κ1) is 15.2. The molecule has 0 unspecified atom stereocenters. The van der Waals surface area contributed by atoms with Gasteiger partial charge in [-0.2, -0.15) is 5.10 Å². The third-order valence-electron chi connectivity index (χ3n) is 4.13. The summed E-state index contributed by atoms with van der Waals surface area (Å²) >= 11 is 0. The van der Waals surface area contributed by atoms with Crippen molar-refractivity contribution in [3.8, 4) is 11.4 Å². The summed E-state index contributed by atoms with van der Waals surface area (Å²) in [5, 5.41) is 11.2. The number of benzene rings is 2. The molecule has 27 heavy (non-hydrogen) atoms. The summed E-state index contributed by atoms with van der Waals surface area (Å²) in [5.74, 6) is 1.26. The number of rotatable bonds is 4. The van der Waals surface area contributed by atoms with Crippen molar-refractivity contribution in [3.63, 3.8) is 0 Å². The first-order chi connectivity index (χ1) is 13.3. The maximum Gasteiger partial charge on any atom is 0.260 e. The van der Waals surface area contributed by atoms with Gasteiger partial charge in [0.15, 0.2) is 11.4 Å².